The van der Waals surface area contributed by atoms with Crippen LogP contribution in [0.25, 0.3) is 0 Å². The van der Waals surface area contributed by atoms with E-state index in [0.29, 0.717) is 0 Å². The minimum atomic E-state index is -0.377. The standard InChI is InChI=1S/C10H15N3O2/c11-12-10(14)9-4-3-8(15-9)7-13-5-1-2-6-13/h3-4H,1-2,5-7,11H2,(H,12,14)/p+1. The number of rotatable bonds is 3. The molecule has 1 aliphatic heterocycles. The highest BCUT2D eigenvalue weighted by Gasteiger charge is 2.18. The molecule has 2 heterocycles. The van der Waals surface area contributed by atoms with Gasteiger partial charge in [-0.1, -0.05) is 0 Å². The zero-order valence-corrected chi connectivity index (χ0v) is 8.58. The summed E-state index contributed by atoms with van der Waals surface area (Å²) in [6, 6.07) is 3.50. The van der Waals surface area contributed by atoms with Gasteiger partial charge in [-0.3, -0.25) is 10.2 Å². The van der Waals surface area contributed by atoms with Gasteiger partial charge in [-0.25, -0.2) is 5.84 Å². The van der Waals surface area contributed by atoms with E-state index in [9.17, 15) is 4.79 Å². The monoisotopic (exact) mass is 210 g/mol. The Morgan fingerprint density at radius 3 is 2.87 bits per heavy atom. The number of carbonyl (C=O) groups is 1. The smallest absolute Gasteiger partial charge is 0.300 e. The van der Waals surface area contributed by atoms with E-state index in [1.165, 1.54) is 30.8 Å². The number of nitrogen functional groups attached to an aromatic ring is 1. The minimum absolute atomic E-state index is 0.283. The van der Waals surface area contributed by atoms with Crippen LogP contribution in [0.4, 0.5) is 0 Å². The molecule has 2 rings (SSSR count). The summed E-state index contributed by atoms with van der Waals surface area (Å²) in [4.78, 5) is 12.6. The maximum atomic E-state index is 11.1. The van der Waals surface area contributed by atoms with Gasteiger partial charge >= 0.3 is 5.91 Å². The molecule has 1 aromatic heterocycles. The Bertz CT molecular complexity index is 342. The molecule has 4 N–H and O–H groups in total. The molecule has 1 aliphatic rings. The van der Waals surface area contributed by atoms with Crippen molar-refractivity contribution in [2.45, 2.75) is 19.4 Å². The molecule has 0 saturated carbocycles. The number of hydrogen-bond donors (Lipinski definition) is 3. The maximum Gasteiger partial charge on any atom is 0.300 e. The second-order valence-electron chi connectivity index (χ2n) is 3.87. The van der Waals surface area contributed by atoms with Gasteiger partial charge in [0.15, 0.2) is 11.5 Å². The zero-order valence-electron chi connectivity index (χ0n) is 8.58. The quantitative estimate of drug-likeness (QED) is 0.342. The van der Waals surface area contributed by atoms with Crippen LogP contribution >= 0.6 is 0 Å². The van der Waals surface area contributed by atoms with Gasteiger partial charge in [0, 0.05) is 12.8 Å². The van der Waals surface area contributed by atoms with Crippen LogP contribution in [0.5, 0.6) is 0 Å². The van der Waals surface area contributed by atoms with Crippen molar-refractivity contribution < 1.29 is 14.1 Å². The molecule has 0 radical (unpaired) electrons. The number of furan rings is 1. The molecule has 5 nitrogen and oxygen atoms in total. The van der Waals surface area contributed by atoms with Crippen LogP contribution in [-0.4, -0.2) is 19.0 Å². The number of nitrogens with two attached hydrogens (primary N) is 1. The molecular formula is C10H16N3O2+. The number of amides is 1. The van der Waals surface area contributed by atoms with Crippen LogP contribution in [-0.2, 0) is 6.54 Å². The fourth-order valence-corrected chi connectivity index (χ4v) is 1.96. The Hall–Kier alpha value is -1.33. The lowest BCUT2D eigenvalue weighted by molar-refractivity contribution is -0.902. The zero-order chi connectivity index (χ0) is 10.7. The average molecular weight is 210 g/mol. The Labute approximate surface area is 88.2 Å². The summed E-state index contributed by atoms with van der Waals surface area (Å²) in [7, 11) is 0. The fraction of sp³-hybridized carbons (Fsp3) is 0.500. The van der Waals surface area contributed by atoms with E-state index in [-0.39, 0.29) is 11.7 Å². The number of carbonyl (C=O) groups excluding carboxylic acids is 1. The summed E-state index contributed by atoms with van der Waals surface area (Å²) < 4.78 is 5.39. The van der Waals surface area contributed by atoms with Crippen LogP contribution in [0, 0.1) is 0 Å². The summed E-state index contributed by atoms with van der Waals surface area (Å²) in [6.07, 6.45) is 2.57. The Balaban J connectivity index is 1.97. The minimum Gasteiger partial charge on any atom is -0.450 e. The number of quaternary nitrogens is 1. The van der Waals surface area contributed by atoms with E-state index in [1.807, 2.05) is 11.5 Å². The van der Waals surface area contributed by atoms with Crippen molar-refractivity contribution in [1.29, 1.82) is 0 Å². The average Bonchev–Trinajstić information content (AvgIpc) is 2.88. The second kappa shape index (κ2) is 4.46. The van der Waals surface area contributed by atoms with E-state index >= 15 is 0 Å². The molecule has 1 fully saturated rings. The highest BCUT2D eigenvalue weighted by atomic mass is 16.4. The van der Waals surface area contributed by atoms with E-state index in [2.05, 4.69) is 0 Å². The third-order valence-electron chi connectivity index (χ3n) is 2.75. The first-order valence-corrected chi connectivity index (χ1v) is 5.23. The van der Waals surface area contributed by atoms with E-state index in [1.54, 1.807) is 6.07 Å². The molecule has 0 unspecified atom stereocenters. The van der Waals surface area contributed by atoms with Gasteiger partial charge in [0.1, 0.15) is 6.54 Å². The third kappa shape index (κ3) is 2.37. The maximum absolute atomic E-state index is 11.1. The summed E-state index contributed by atoms with van der Waals surface area (Å²) in [5, 5.41) is 0. The first-order chi connectivity index (χ1) is 7.29. The first-order valence-electron chi connectivity index (χ1n) is 5.23. The number of likely N-dealkylation sites (tertiary alicyclic amines) is 1. The first kappa shape index (κ1) is 10.2. The number of nitrogens with one attached hydrogen (secondary N) is 2. The largest absolute Gasteiger partial charge is 0.450 e. The SMILES string of the molecule is NNC(=O)c1ccc(C[NH+]2CCCC2)o1. The van der Waals surface area contributed by atoms with Crippen molar-refractivity contribution in [3.63, 3.8) is 0 Å². The van der Waals surface area contributed by atoms with Crippen LogP contribution in [0.2, 0.25) is 0 Å². The van der Waals surface area contributed by atoms with Crippen molar-refractivity contribution in [2.75, 3.05) is 13.1 Å². The van der Waals surface area contributed by atoms with Gasteiger partial charge in [-0.15, -0.1) is 0 Å². The molecule has 82 valence electrons. The Morgan fingerprint density at radius 2 is 2.20 bits per heavy atom. The molecule has 0 spiro atoms. The predicted octanol–water partition coefficient (Wildman–Crippen LogP) is -0.938. The molecule has 0 atom stereocenters. The Morgan fingerprint density at radius 1 is 1.47 bits per heavy atom. The highest BCUT2D eigenvalue weighted by Crippen LogP contribution is 2.06. The van der Waals surface area contributed by atoms with Crippen LogP contribution in [0.1, 0.15) is 29.2 Å². The molecule has 1 amide bonds. The van der Waals surface area contributed by atoms with Gasteiger partial charge in [0.2, 0.25) is 0 Å². The van der Waals surface area contributed by atoms with E-state index in [0.717, 1.165) is 12.3 Å². The summed E-state index contributed by atoms with van der Waals surface area (Å²) >= 11 is 0. The molecule has 15 heavy (non-hydrogen) atoms. The lowest BCUT2D eigenvalue weighted by Gasteiger charge is -2.09. The summed E-state index contributed by atoms with van der Waals surface area (Å²) in [6.45, 7) is 3.25. The molecule has 5 heteroatoms. The third-order valence-corrected chi connectivity index (χ3v) is 2.75. The van der Waals surface area contributed by atoms with E-state index < -0.39 is 0 Å². The van der Waals surface area contributed by atoms with Crippen molar-refractivity contribution in [1.82, 2.24) is 5.43 Å². The summed E-state index contributed by atoms with van der Waals surface area (Å²) in [5.41, 5.74) is 2.05. The predicted molar refractivity (Wildman–Crippen MR) is 54.0 cm³/mol. The van der Waals surface area contributed by atoms with Gasteiger partial charge in [-0.2, -0.15) is 0 Å². The van der Waals surface area contributed by atoms with Crippen LogP contribution in [0.15, 0.2) is 16.5 Å². The Kier molecular flexibility index (Phi) is 3.03. The molecule has 1 saturated heterocycles. The molecule has 0 aliphatic carbocycles. The normalized spacial score (nSPS) is 16.9. The lowest BCUT2D eigenvalue weighted by Crippen LogP contribution is -3.08. The molecule has 1 aromatic rings. The second-order valence-corrected chi connectivity index (χ2v) is 3.87. The van der Waals surface area contributed by atoms with Crippen molar-refractivity contribution >= 4 is 5.91 Å². The summed E-state index contributed by atoms with van der Waals surface area (Å²) in [5.74, 6) is 5.77. The highest BCUT2D eigenvalue weighted by molar-refractivity contribution is 5.90. The molecular weight excluding hydrogens is 194 g/mol. The van der Waals surface area contributed by atoms with Gasteiger partial charge < -0.3 is 9.32 Å². The van der Waals surface area contributed by atoms with Gasteiger partial charge in [-0.05, 0) is 12.1 Å². The van der Waals surface area contributed by atoms with Gasteiger partial charge in [0.25, 0.3) is 0 Å². The number of hydrazine groups is 1. The van der Waals surface area contributed by atoms with Crippen molar-refractivity contribution in [3.05, 3.63) is 23.7 Å². The van der Waals surface area contributed by atoms with Crippen molar-refractivity contribution in [3.8, 4) is 0 Å². The van der Waals surface area contributed by atoms with Crippen LogP contribution in [0.3, 0.4) is 0 Å². The van der Waals surface area contributed by atoms with Gasteiger partial charge in [0.05, 0.1) is 13.1 Å². The van der Waals surface area contributed by atoms with Crippen LogP contribution < -0.4 is 16.2 Å². The molecule has 0 aromatic carbocycles. The number of hydrogen-bond acceptors (Lipinski definition) is 3. The fourth-order valence-electron chi connectivity index (χ4n) is 1.96. The van der Waals surface area contributed by atoms with Crippen molar-refractivity contribution in [2.24, 2.45) is 5.84 Å². The lowest BCUT2D eigenvalue weighted by atomic mass is 10.4. The van der Waals surface area contributed by atoms with E-state index in [4.69, 9.17) is 10.3 Å². The molecule has 0 bridgehead atoms. The topological polar surface area (TPSA) is 72.7 Å².